The minimum absolute atomic E-state index is 0. The molecule has 0 aliphatic heterocycles. The molecule has 0 N–H and O–H groups in total. The van der Waals surface area contributed by atoms with Crippen LogP contribution >= 0.6 is 0 Å². The van der Waals surface area contributed by atoms with E-state index in [9.17, 15) is 12.9 Å². The summed E-state index contributed by atoms with van der Waals surface area (Å²) in [5.74, 6) is 0. The molecule has 0 saturated carbocycles. The number of halogens is 3. The zero-order valence-electron chi connectivity index (χ0n) is 9.68. The van der Waals surface area contributed by atoms with Crippen molar-refractivity contribution in [1.82, 2.24) is 9.78 Å². The van der Waals surface area contributed by atoms with Gasteiger partial charge in [0.1, 0.15) is 0 Å². The maximum atomic E-state index is 12.5. The maximum Gasteiger partial charge on any atom is 1.00 e. The van der Waals surface area contributed by atoms with Gasteiger partial charge < -0.3 is 17.6 Å². The average molecular weight is 244 g/mol. The standard InChI is InChI=1S/C8H13BF3N2.K/c1-8(2,3)6-5-7(9(10,11)12)14(4)13-6;/h5H,1-4H3;/q-1;+1. The van der Waals surface area contributed by atoms with Crippen molar-refractivity contribution >= 4 is 12.6 Å². The van der Waals surface area contributed by atoms with Crippen LogP contribution in [0.3, 0.4) is 0 Å². The van der Waals surface area contributed by atoms with Gasteiger partial charge in [-0.3, -0.25) is 0 Å². The van der Waals surface area contributed by atoms with Crippen molar-refractivity contribution in [3.05, 3.63) is 11.8 Å². The van der Waals surface area contributed by atoms with Crippen LogP contribution in [-0.4, -0.2) is 16.8 Å². The van der Waals surface area contributed by atoms with Crippen LogP contribution < -0.4 is 57.0 Å². The first-order valence-electron chi connectivity index (χ1n) is 4.37. The van der Waals surface area contributed by atoms with Crippen LogP contribution in [0.5, 0.6) is 0 Å². The first-order valence-corrected chi connectivity index (χ1v) is 4.37. The SMILES string of the molecule is Cn1nc(C(C)(C)C)cc1[B-](F)(F)F.[K+]. The second-order valence-electron chi connectivity index (χ2n) is 4.40. The van der Waals surface area contributed by atoms with Crippen LogP contribution in [0.25, 0.3) is 0 Å². The fourth-order valence-electron chi connectivity index (χ4n) is 1.15. The molecule has 7 heteroatoms. The zero-order valence-corrected chi connectivity index (χ0v) is 12.8. The topological polar surface area (TPSA) is 17.8 Å². The number of nitrogens with zero attached hydrogens (tertiary/aromatic N) is 2. The van der Waals surface area contributed by atoms with Crippen LogP contribution in [0, 0.1) is 0 Å². The smallest absolute Gasteiger partial charge is 0.444 e. The summed E-state index contributed by atoms with van der Waals surface area (Å²) >= 11 is 0. The Morgan fingerprint density at radius 2 is 1.73 bits per heavy atom. The second kappa shape index (κ2) is 4.91. The first kappa shape index (κ1) is 15.7. The van der Waals surface area contributed by atoms with Gasteiger partial charge in [-0.05, 0) is 11.7 Å². The molecule has 0 aromatic carbocycles. The van der Waals surface area contributed by atoms with E-state index in [4.69, 9.17) is 0 Å². The van der Waals surface area contributed by atoms with Crippen molar-refractivity contribution < 1.29 is 64.3 Å². The molecular weight excluding hydrogens is 231 g/mol. The van der Waals surface area contributed by atoms with Gasteiger partial charge in [0.25, 0.3) is 0 Å². The fourth-order valence-corrected chi connectivity index (χ4v) is 1.15. The van der Waals surface area contributed by atoms with Crippen LogP contribution in [0.2, 0.25) is 0 Å². The summed E-state index contributed by atoms with van der Waals surface area (Å²) in [5, 5.41) is 3.86. The molecule has 0 bridgehead atoms. The molecule has 0 aliphatic rings. The molecule has 0 radical (unpaired) electrons. The van der Waals surface area contributed by atoms with Gasteiger partial charge in [0, 0.05) is 12.5 Å². The summed E-state index contributed by atoms with van der Waals surface area (Å²) in [6.07, 6.45) is 0. The predicted octanol–water partition coefficient (Wildman–Crippen LogP) is -1.22. The van der Waals surface area contributed by atoms with E-state index in [2.05, 4.69) is 5.10 Å². The molecule has 1 aromatic rings. The van der Waals surface area contributed by atoms with E-state index in [0.717, 1.165) is 10.7 Å². The third-order valence-corrected chi connectivity index (χ3v) is 2.02. The predicted molar refractivity (Wildman–Crippen MR) is 50.6 cm³/mol. The number of aromatic nitrogens is 2. The first-order chi connectivity index (χ1) is 6.12. The Hall–Kier alpha value is 0.701. The number of aryl methyl sites for hydroxylation is 1. The van der Waals surface area contributed by atoms with Gasteiger partial charge in [-0.15, -0.1) is 0 Å². The molecule has 0 amide bonds. The van der Waals surface area contributed by atoms with Crippen LogP contribution in [0.4, 0.5) is 12.9 Å². The van der Waals surface area contributed by atoms with Gasteiger partial charge in [-0.1, -0.05) is 20.8 Å². The average Bonchev–Trinajstić information content (AvgIpc) is 2.27. The molecule has 0 atom stereocenters. The van der Waals surface area contributed by atoms with Crippen molar-refractivity contribution in [2.75, 3.05) is 0 Å². The Labute approximate surface area is 130 Å². The minimum Gasteiger partial charge on any atom is -0.444 e. The molecule has 0 spiro atoms. The molecule has 0 unspecified atom stereocenters. The molecule has 2 nitrogen and oxygen atoms in total. The Morgan fingerprint density at radius 3 is 1.93 bits per heavy atom. The molecule has 15 heavy (non-hydrogen) atoms. The quantitative estimate of drug-likeness (QED) is 0.566. The van der Waals surface area contributed by atoms with E-state index < -0.39 is 12.6 Å². The van der Waals surface area contributed by atoms with Gasteiger partial charge in [-0.2, -0.15) is 5.10 Å². The molecule has 80 valence electrons. The van der Waals surface area contributed by atoms with Crippen molar-refractivity contribution in [3.8, 4) is 0 Å². The van der Waals surface area contributed by atoms with E-state index in [0.29, 0.717) is 5.69 Å². The van der Waals surface area contributed by atoms with Gasteiger partial charge in [0.2, 0.25) is 0 Å². The van der Waals surface area contributed by atoms with Gasteiger partial charge >= 0.3 is 58.4 Å². The molecule has 0 fully saturated rings. The monoisotopic (exact) mass is 244 g/mol. The second-order valence-corrected chi connectivity index (χ2v) is 4.40. The van der Waals surface area contributed by atoms with E-state index in [1.165, 1.54) is 7.05 Å². The zero-order chi connectivity index (χ0) is 11.1. The van der Waals surface area contributed by atoms with E-state index in [1.807, 2.05) is 20.8 Å². The molecule has 0 saturated heterocycles. The Bertz CT molecular complexity index is 341. The summed E-state index contributed by atoms with van der Waals surface area (Å²) < 4.78 is 38.3. The van der Waals surface area contributed by atoms with Gasteiger partial charge in [0.05, 0.1) is 5.69 Å². The Morgan fingerprint density at radius 1 is 1.27 bits per heavy atom. The largest absolute Gasteiger partial charge is 1.00 e. The third kappa shape index (κ3) is 3.89. The third-order valence-electron chi connectivity index (χ3n) is 2.02. The Kier molecular flexibility index (Phi) is 5.14. The Balaban J connectivity index is 0.00000196. The normalized spacial score (nSPS) is 12.5. The van der Waals surface area contributed by atoms with Crippen LogP contribution in [0.15, 0.2) is 6.07 Å². The summed E-state index contributed by atoms with van der Waals surface area (Å²) in [6, 6.07) is 1.12. The number of hydrogen-bond donors (Lipinski definition) is 0. The molecule has 1 heterocycles. The molecule has 1 aromatic heterocycles. The van der Waals surface area contributed by atoms with Crippen molar-refractivity contribution in [2.45, 2.75) is 26.2 Å². The summed E-state index contributed by atoms with van der Waals surface area (Å²) in [5.41, 5.74) is -0.527. The van der Waals surface area contributed by atoms with Gasteiger partial charge in [-0.25, -0.2) is 0 Å². The number of hydrogen-bond acceptors (Lipinski definition) is 1. The molecule has 0 aliphatic carbocycles. The summed E-state index contributed by atoms with van der Waals surface area (Å²) in [6.45, 7) is 0.546. The summed E-state index contributed by atoms with van der Waals surface area (Å²) in [7, 11) is 1.32. The van der Waals surface area contributed by atoms with E-state index >= 15 is 0 Å². The maximum absolute atomic E-state index is 12.5. The van der Waals surface area contributed by atoms with Gasteiger partial charge in [0.15, 0.2) is 0 Å². The fraction of sp³-hybridized carbons (Fsp3) is 0.625. The van der Waals surface area contributed by atoms with Crippen molar-refractivity contribution in [3.63, 3.8) is 0 Å². The van der Waals surface area contributed by atoms with E-state index in [-0.39, 0.29) is 56.8 Å². The van der Waals surface area contributed by atoms with Crippen molar-refractivity contribution in [1.29, 1.82) is 0 Å². The van der Waals surface area contributed by atoms with Crippen molar-refractivity contribution in [2.24, 2.45) is 7.05 Å². The van der Waals surface area contributed by atoms with E-state index in [1.54, 1.807) is 0 Å². The number of rotatable bonds is 1. The molecule has 1 rings (SSSR count). The van der Waals surface area contributed by atoms with Crippen LogP contribution in [0.1, 0.15) is 26.5 Å². The molecular formula is C8H13BF3KN2. The summed E-state index contributed by atoms with van der Waals surface area (Å²) in [4.78, 5) is 0. The minimum atomic E-state index is -4.96. The van der Waals surface area contributed by atoms with Crippen LogP contribution in [-0.2, 0) is 12.5 Å².